The number of hydrogen-bond acceptors (Lipinski definition) is 4. The molecule has 0 fully saturated rings. The molecule has 18 heavy (non-hydrogen) atoms. The van der Waals surface area contributed by atoms with Gasteiger partial charge in [0.15, 0.2) is 0 Å². The molecule has 0 saturated carbocycles. The van der Waals surface area contributed by atoms with Crippen LogP contribution in [0.4, 0.5) is 0 Å². The molecule has 0 aliphatic carbocycles. The van der Waals surface area contributed by atoms with Crippen LogP contribution in [-0.2, 0) is 16.1 Å². The number of allylic oxidation sites excluding steroid dienone is 1. The van der Waals surface area contributed by atoms with E-state index in [2.05, 4.69) is 17.0 Å². The molecule has 0 bridgehead atoms. The molecule has 98 valence electrons. The minimum Gasteiger partial charge on any atom is -0.461 e. The Morgan fingerprint density at radius 3 is 2.67 bits per heavy atom. The molecule has 2 N–H and O–H groups in total. The fourth-order valence-electron chi connectivity index (χ4n) is 1.50. The number of ether oxygens (including phenoxy) is 1. The van der Waals surface area contributed by atoms with Gasteiger partial charge in [-0.1, -0.05) is 30.3 Å². The highest BCUT2D eigenvalue weighted by molar-refractivity contribution is 5.82. The summed E-state index contributed by atoms with van der Waals surface area (Å²) in [6, 6.07) is 10.2. The van der Waals surface area contributed by atoms with Crippen LogP contribution in [0.3, 0.4) is 0 Å². The quantitative estimate of drug-likeness (QED) is 0.612. The normalized spacial score (nSPS) is 11.6. The largest absolute Gasteiger partial charge is 0.461 e. The van der Waals surface area contributed by atoms with E-state index in [-0.39, 0.29) is 5.97 Å². The Balaban J connectivity index is 2.24. The zero-order valence-electron chi connectivity index (χ0n) is 10.9. The first-order chi connectivity index (χ1) is 8.58. The Morgan fingerprint density at radius 2 is 2.06 bits per heavy atom. The van der Waals surface area contributed by atoms with Gasteiger partial charge in [-0.15, -0.1) is 0 Å². The van der Waals surface area contributed by atoms with Crippen molar-refractivity contribution < 1.29 is 9.53 Å². The van der Waals surface area contributed by atoms with Gasteiger partial charge in [0.25, 0.3) is 0 Å². The monoisotopic (exact) mass is 248 g/mol. The van der Waals surface area contributed by atoms with Crippen LogP contribution in [0, 0.1) is 0 Å². The van der Waals surface area contributed by atoms with Crippen molar-refractivity contribution in [3.05, 3.63) is 47.7 Å². The van der Waals surface area contributed by atoms with Crippen molar-refractivity contribution in [2.45, 2.75) is 13.5 Å². The SMILES string of the molecule is C/C(N)=C\C(=O)OCCN(C)Cc1ccccc1. The summed E-state index contributed by atoms with van der Waals surface area (Å²) in [6.45, 7) is 3.55. The molecule has 0 aliphatic rings. The van der Waals surface area contributed by atoms with Crippen LogP contribution < -0.4 is 5.73 Å². The number of esters is 1. The zero-order chi connectivity index (χ0) is 13.4. The molecule has 1 aromatic carbocycles. The van der Waals surface area contributed by atoms with E-state index in [0.29, 0.717) is 18.8 Å². The van der Waals surface area contributed by atoms with Crippen molar-refractivity contribution in [2.75, 3.05) is 20.2 Å². The first-order valence-corrected chi connectivity index (χ1v) is 5.91. The Labute approximate surface area is 108 Å². The van der Waals surface area contributed by atoms with E-state index in [0.717, 1.165) is 6.54 Å². The minimum absolute atomic E-state index is 0.367. The summed E-state index contributed by atoms with van der Waals surface area (Å²) in [4.78, 5) is 13.3. The molecule has 1 aromatic rings. The van der Waals surface area contributed by atoms with E-state index in [4.69, 9.17) is 10.5 Å². The Kier molecular flexibility index (Phi) is 5.94. The van der Waals surface area contributed by atoms with Gasteiger partial charge in [0.1, 0.15) is 6.61 Å². The summed E-state index contributed by atoms with van der Waals surface area (Å²) in [5.41, 5.74) is 7.07. The average Bonchev–Trinajstić information content (AvgIpc) is 2.29. The lowest BCUT2D eigenvalue weighted by Crippen LogP contribution is -2.23. The van der Waals surface area contributed by atoms with Gasteiger partial charge in [-0.05, 0) is 19.5 Å². The summed E-state index contributed by atoms with van der Waals surface area (Å²) < 4.78 is 5.02. The van der Waals surface area contributed by atoms with Crippen LogP contribution in [0.15, 0.2) is 42.1 Å². The molecule has 0 amide bonds. The molecule has 0 atom stereocenters. The Bertz CT molecular complexity index is 398. The van der Waals surface area contributed by atoms with Gasteiger partial charge in [0.05, 0.1) is 0 Å². The molecule has 0 aliphatic heterocycles. The van der Waals surface area contributed by atoms with Crippen LogP contribution in [-0.4, -0.2) is 31.1 Å². The lowest BCUT2D eigenvalue weighted by atomic mass is 10.2. The Morgan fingerprint density at radius 1 is 1.39 bits per heavy atom. The predicted octanol–water partition coefficient (Wildman–Crippen LogP) is 1.52. The van der Waals surface area contributed by atoms with Gasteiger partial charge in [-0.25, -0.2) is 4.79 Å². The lowest BCUT2D eigenvalue weighted by molar-refractivity contribution is -0.138. The smallest absolute Gasteiger partial charge is 0.332 e. The highest BCUT2D eigenvalue weighted by Crippen LogP contribution is 2.02. The third-order valence-electron chi connectivity index (χ3n) is 2.36. The van der Waals surface area contributed by atoms with Crippen LogP contribution in [0.1, 0.15) is 12.5 Å². The number of rotatable bonds is 6. The number of carbonyl (C=O) groups is 1. The van der Waals surface area contributed by atoms with E-state index in [1.807, 2.05) is 25.2 Å². The minimum atomic E-state index is -0.386. The Hall–Kier alpha value is -1.81. The maximum absolute atomic E-state index is 11.2. The first kappa shape index (κ1) is 14.3. The van der Waals surface area contributed by atoms with Crippen LogP contribution in [0.2, 0.25) is 0 Å². The van der Waals surface area contributed by atoms with Gasteiger partial charge in [-0.3, -0.25) is 4.90 Å². The molecule has 1 rings (SSSR count). The van der Waals surface area contributed by atoms with E-state index < -0.39 is 0 Å². The first-order valence-electron chi connectivity index (χ1n) is 5.91. The molecule has 4 nitrogen and oxygen atoms in total. The number of likely N-dealkylation sites (N-methyl/N-ethyl adjacent to an activating group) is 1. The van der Waals surface area contributed by atoms with Gasteiger partial charge >= 0.3 is 5.97 Å². The van der Waals surface area contributed by atoms with Crippen molar-refractivity contribution in [1.82, 2.24) is 4.90 Å². The number of hydrogen-bond donors (Lipinski definition) is 1. The van der Waals surface area contributed by atoms with Crippen molar-refractivity contribution in [3.8, 4) is 0 Å². The molecule has 0 unspecified atom stereocenters. The third-order valence-corrected chi connectivity index (χ3v) is 2.36. The highest BCUT2D eigenvalue weighted by atomic mass is 16.5. The summed E-state index contributed by atoms with van der Waals surface area (Å²) >= 11 is 0. The van der Waals surface area contributed by atoms with E-state index in [1.54, 1.807) is 6.92 Å². The number of nitrogens with two attached hydrogens (primary N) is 1. The zero-order valence-corrected chi connectivity index (χ0v) is 10.9. The number of carbonyl (C=O) groups excluding carboxylic acids is 1. The summed E-state index contributed by atoms with van der Waals surface area (Å²) in [5.74, 6) is -0.386. The predicted molar refractivity (Wildman–Crippen MR) is 71.7 cm³/mol. The van der Waals surface area contributed by atoms with E-state index in [9.17, 15) is 4.79 Å². The second kappa shape index (κ2) is 7.50. The second-order valence-corrected chi connectivity index (χ2v) is 4.28. The maximum Gasteiger partial charge on any atom is 0.332 e. The molecular formula is C14H20N2O2. The number of nitrogens with zero attached hydrogens (tertiary/aromatic N) is 1. The number of benzene rings is 1. The van der Waals surface area contributed by atoms with Crippen LogP contribution in [0.5, 0.6) is 0 Å². The highest BCUT2D eigenvalue weighted by Gasteiger charge is 2.02. The maximum atomic E-state index is 11.2. The van der Waals surface area contributed by atoms with Gasteiger partial charge in [-0.2, -0.15) is 0 Å². The summed E-state index contributed by atoms with van der Waals surface area (Å²) in [6.07, 6.45) is 1.29. The van der Waals surface area contributed by atoms with Crippen LogP contribution in [0.25, 0.3) is 0 Å². The van der Waals surface area contributed by atoms with Gasteiger partial charge in [0, 0.05) is 24.9 Å². The molecule has 0 radical (unpaired) electrons. The second-order valence-electron chi connectivity index (χ2n) is 4.28. The fourth-order valence-corrected chi connectivity index (χ4v) is 1.50. The van der Waals surface area contributed by atoms with Gasteiger partial charge in [0.2, 0.25) is 0 Å². The lowest BCUT2D eigenvalue weighted by Gasteiger charge is -2.16. The van der Waals surface area contributed by atoms with E-state index >= 15 is 0 Å². The van der Waals surface area contributed by atoms with Crippen molar-refractivity contribution in [2.24, 2.45) is 5.73 Å². The van der Waals surface area contributed by atoms with Crippen molar-refractivity contribution >= 4 is 5.97 Å². The fraction of sp³-hybridized carbons (Fsp3) is 0.357. The topological polar surface area (TPSA) is 55.6 Å². The van der Waals surface area contributed by atoms with Crippen molar-refractivity contribution in [1.29, 1.82) is 0 Å². The third kappa shape index (κ3) is 6.06. The van der Waals surface area contributed by atoms with E-state index in [1.165, 1.54) is 11.6 Å². The molecule has 0 spiro atoms. The molecular weight excluding hydrogens is 228 g/mol. The van der Waals surface area contributed by atoms with Crippen molar-refractivity contribution in [3.63, 3.8) is 0 Å². The molecule has 0 saturated heterocycles. The average molecular weight is 248 g/mol. The standard InChI is InChI=1S/C14H20N2O2/c1-12(15)10-14(17)18-9-8-16(2)11-13-6-4-3-5-7-13/h3-7,10H,8-9,11,15H2,1-2H3/b12-10+. The van der Waals surface area contributed by atoms with Gasteiger partial charge < -0.3 is 10.5 Å². The van der Waals surface area contributed by atoms with Crippen LogP contribution >= 0.6 is 0 Å². The summed E-state index contributed by atoms with van der Waals surface area (Å²) in [5, 5.41) is 0. The molecule has 4 heteroatoms. The molecule has 0 heterocycles. The summed E-state index contributed by atoms with van der Waals surface area (Å²) in [7, 11) is 1.99. The molecule has 0 aromatic heterocycles.